The Balaban J connectivity index is 1.33. The Morgan fingerprint density at radius 3 is 2.28 bits per heavy atom. The molecule has 1 unspecified atom stereocenters. The van der Waals surface area contributed by atoms with Gasteiger partial charge in [0.1, 0.15) is 11.9 Å². The van der Waals surface area contributed by atoms with Crippen LogP contribution in [0.4, 0.5) is 5.69 Å². The molecule has 202 valence electrons. The summed E-state index contributed by atoms with van der Waals surface area (Å²) in [6.07, 6.45) is 3.51. The van der Waals surface area contributed by atoms with Crippen LogP contribution in [0, 0.1) is 11.3 Å². The Morgan fingerprint density at radius 2 is 1.62 bits per heavy atom. The first-order valence-electron chi connectivity index (χ1n) is 13.6. The maximum absolute atomic E-state index is 13.9. The van der Waals surface area contributed by atoms with E-state index in [1.807, 2.05) is 41.3 Å². The lowest BCUT2D eigenvalue weighted by Crippen LogP contribution is -2.49. The Hall–Kier alpha value is -4.33. The van der Waals surface area contributed by atoms with Crippen molar-refractivity contribution >= 4 is 23.4 Å². The molecule has 0 bridgehead atoms. The number of fused-ring (bicyclic) bond motifs is 1. The summed E-state index contributed by atoms with van der Waals surface area (Å²) in [5.41, 5.74) is 23.0. The summed E-state index contributed by atoms with van der Waals surface area (Å²) in [6.45, 7) is 2.73. The fraction of sp³-hybridized carbons (Fsp3) is 0.323. The number of carbonyl (C=O) groups is 1. The number of piperidine rings is 1. The van der Waals surface area contributed by atoms with Crippen molar-refractivity contribution in [3.05, 3.63) is 89.5 Å². The van der Waals surface area contributed by atoms with E-state index in [0.717, 1.165) is 54.7 Å². The second kappa shape index (κ2) is 11.6. The lowest BCUT2D eigenvalue weighted by atomic mass is 9.93. The van der Waals surface area contributed by atoms with Gasteiger partial charge in [0.2, 0.25) is 5.91 Å². The molecule has 1 atom stereocenters. The number of nitrogens with two attached hydrogens (primary N) is 3. The van der Waals surface area contributed by atoms with Crippen LogP contribution in [0.15, 0.2) is 77.8 Å². The van der Waals surface area contributed by atoms with Gasteiger partial charge < -0.3 is 27.0 Å². The van der Waals surface area contributed by atoms with E-state index in [0.29, 0.717) is 31.0 Å². The van der Waals surface area contributed by atoms with Crippen LogP contribution in [0.1, 0.15) is 36.0 Å². The van der Waals surface area contributed by atoms with Gasteiger partial charge in [-0.15, -0.1) is 0 Å². The van der Waals surface area contributed by atoms with E-state index in [1.165, 1.54) is 5.56 Å². The number of rotatable bonds is 8. The third kappa shape index (κ3) is 6.06. The second-order valence-electron chi connectivity index (χ2n) is 10.5. The van der Waals surface area contributed by atoms with Crippen molar-refractivity contribution in [2.45, 2.75) is 38.3 Å². The highest BCUT2D eigenvalue weighted by molar-refractivity contribution is 5.97. The molecule has 2 aliphatic heterocycles. The zero-order valence-corrected chi connectivity index (χ0v) is 22.2. The van der Waals surface area contributed by atoms with Crippen LogP contribution < -0.4 is 22.1 Å². The first-order valence-corrected chi connectivity index (χ1v) is 13.6. The van der Waals surface area contributed by atoms with Crippen LogP contribution in [0.25, 0.3) is 11.1 Å². The number of anilines is 1. The van der Waals surface area contributed by atoms with Crippen molar-refractivity contribution in [3.8, 4) is 11.1 Å². The maximum Gasteiger partial charge on any atom is 0.245 e. The molecule has 1 saturated heterocycles. The Bertz CT molecular complexity index is 1340. The largest absolute Gasteiger partial charge is 0.384 e. The quantitative estimate of drug-likeness (QED) is 0.265. The van der Waals surface area contributed by atoms with E-state index < -0.39 is 0 Å². The van der Waals surface area contributed by atoms with Gasteiger partial charge in [-0.05, 0) is 53.5 Å². The minimum absolute atomic E-state index is 0.0301. The van der Waals surface area contributed by atoms with E-state index >= 15 is 0 Å². The number of nitrogens with one attached hydrogen (secondary N) is 1. The predicted octanol–water partition coefficient (Wildman–Crippen LogP) is 3.47. The number of carbonyl (C=O) groups excluding carboxylic acids is 1. The molecule has 1 fully saturated rings. The molecule has 0 radical (unpaired) electrons. The van der Waals surface area contributed by atoms with Crippen LogP contribution in [0.3, 0.4) is 0 Å². The molecule has 8 nitrogen and oxygen atoms in total. The molecule has 3 aromatic rings. The average molecular weight is 524 g/mol. The Kier molecular flexibility index (Phi) is 7.81. The molecule has 2 heterocycles. The zero-order valence-electron chi connectivity index (χ0n) is 22.2. The van der Waals surface area contributed by atoms with Crippen molar-refractivity contribution < 1.29 is 4.79 Å². The molecule has 0 aliphatic carbocycles. The number of amides is 1. The van der Waals surface area contributed by atoms with Gasteiger partial charge in [0.25, 0.3) is 0 Å². The van der Waals surface area contributed by atoms with Gasteiger partial charge in [-0.2, -0.15) is 0 Å². The normalized spacial score (nSPS) is 17.1. The van der Waals surface area contributed by atoms with Gasteiger partial charge in [-0.3, -0.25) is 15.2 Å². The molecule has 0 spiro atoms. The summed E-state index contributed by atoms with van der Waals surface area (Å²) >= 11 is 0. The van der Waals surface area contributed by atoms with Gasteiger partial charge in [0.05, 0.1) is 0 Å². The van der Waals surface area contributed by atoms with Crippen LogP contribution in [-0.4, -0.2) is 48.3 Å². The molecule has 5 rings (SSSR count). The van der Waals surface area contributed by atoms with Crippen molar-refractivity contribution in [2.75, 3.05) is 24.5 Å². The molecule has 39 heavy (non-hydrogen) atoms. The number of hydrogen-bond acceptors (Lipinski definition) is 4. The van der Waals surface area contributed by atoms with Crippen molar-refractivity contribution in [1.29, 1.82) is 5.41 Å². The summed E-state index contributed by atoms with van der Waals surface area (Å²) in [6, 6.07) is 24.4. The van der Waals surface area contributed by atoms with E-state index in [-0.39, 0.29) is 23.7 Å². The first-order chi connectivity index (χ1) is 18.9. The molecule has 0 saturated carbocycles. The summed E-state index contributed by atoms with van der Waals surface area (Å²) < 4.78 is 0. The van der Waals surface area contributed by atoms with E-state index in [1.54, 1.807) is 0 Å². The van der Waals surface area contributed by atoms with Crippen LogP contribution >= 0.6 is 0 Å². The third-order valence-electron chi connectivity index (χ3n) is 7.95. The molecule has 1 amide bonds. The number of hydrogen-bond donors (Lipinski definition) is 4. The topological polar surface area (TPSA) is 138 Å². The monoisotopic (exact) mass is 523 g/mol. The smallest absolute Gasteiger partial charge is 0.245 e. The molecule has 2 aliphatic rings. The highest BCUT2D eigenvalue weighted by Gasteiger charge is 2.38. The van der Waals surface area contributed by atoms with Gasteiger partial charge >= 0.3 is 0 Å². The summed E-state index contributed by atoms with van der Waals surface area (Å²) in [5.74, 6) is 0.850. The van der Waals surface area contributed by atoms with Gasteiger partial charge in [0, 0.05) is 43.9 Å². The zero-order chi connectivity index (χ0) is 27.4. The number of aliphatic imine (C=N–C) groups is 1. The Labute approximate surface area is 230 Å². The summed E-state index contributed by atoms with van der Waals surface area (Å²) in [4.78, 5) is 22.2. The van der Waals surface area contributed by atoms with E-state index in [2.05, 4.69) is 46.3 Å². The number of nitrogen functional groups attached to an aromatic ring is 1. The van der Waals surface area contributed by atoms with Crippen molar-refractivity contribution in [1.82, 2.24) is 4.90 Å². The SMILES string of the molecule is N=C(N)c1ccc2c(c1)N(Cc1ccc(-c3ccccc3)cc1)C(C(=O)N1CCC(CCN=C(N)N)CC1)C2. The second-order valence-corrected chi connectivity index (χ2v) is 10.5. The standard InChI is InChI=1S/C31H37N7O/c32-29(33)26-11-10-25-18-28(30(39)37-16-13-21(14-17-37)12-15-36-31(34)35)38(27(25)19-26)20-22-6-8-24(9-7-22)23-4-2-1-3-5-23/h1-11,19,21,28H,12-18,20H2,(H3,32,33)(H4,34,35,36). The molecular weight excluding hydrogens is 486 g/mol. The first kappa shape index (κ1) is 26.3. The average Bonchev–Trinajstić information content (AvgIpc) is 3.31. The van der Waals surface area contributed by atoms with E-state index in [4.69, 9.17) is 22.6 Å². The number of likely N-dealkylation sites (tertiary alicyclic amines) is 1. The van der Waals surface area contributed by atoms with Gasteiger partial charge in [0.15, 0.2) is 5.96 Å². The fourth-order valence-corrected chi connectivity index (χ4v) is 5.73. The van der Waals surface area contributed by atoms with Gasteiger partial charge in [-0.1, -0.05) is 66.7 Å². The molecule has 7 N–H and O–H groups in total. The molecule has 3 aromatic carbocycles. The molecular formula is C31H37N7O. The Morgan fingerprint density at radius 1 is 0.923 bits per heavy atom. The van der Waals surface area contributed by atoms with Crippen molar-refractivity contribution in [3.63, 3.8) is 0 Å². The minimum atomic E-state index is -0.283. The molecule has 8 heteroatoms. The minimum Gasteiger partial charge on any atom is -0.384 e. The number of amidine groups is 1. The highest BCUT2D eigenvalue weighted by Crippen LogP contribution is 2.36. The predicted molar refractivity (Wildman–Crippen MR) is 158 cm³/mol. The third-order valence-corrected chi connectivity index (χ3v) is 7.95. The lowest BCUT2D eigenvalue weighted by molar-refractivity contribution is -0.133. The number of guanidine groups is 1. The van der Waals surface area contributed by atoms with Gasteiger partial charge in [-0.25, -0.2) is 0 Å². The van der Waals surface area contributed by atoms with E-state index in [9.17, 15) is 4.79 Å². The molecule has 0 aromatic heterocycles. The fourth-order valence-electron chi connectivity index (χ4n) is 5.73. The van der Waals surface area contributed by atoms with Crippen molar-refractivity contribution in [2.24, 2.45) is 28.1 Å². The summed E-state index contributed by atoms with van der Waals surface area (Å²) in [5, 5.41) is 7.94. The number of nitrogens with zero attached hydrogens (tertiary/aromatic N) is 3. The van der Waals surface area contributed by atoms with Crippen LogP contribution in [0.2, 0.25) is 0 Å². The lowest BCUT2D eigenvalue weighted by Gasteiger charge is -2.36. The summed E-state index contributed by atoms with van der Waals surface area (Å²) in [7, 11) is 0. The number of benzene rings is 3. The van der Waals surface area contributed by atoms with Crippen LogP contribution in [-0.2, 0) is 17.8 Å². The van der Waals surface area contributed by atoms with Crippen LogP contribution in [0.5, 0.6) is 0 Å². The highest BCUT2D eigenvalue weighted by atomic mass is 16.2. The maximum atomic E-state index is 13.9.